The van der Waals surface area contributed by atoms with Crippen LogP contribution in [0.5, 0.6) is 0 Å². The fourth-order valence-corrected chi connectivity index (χ4v) is 2.55. The number of hydrogen-bond donors (Lipinski definition) is 1. The minimum atomic E-state index is -0.00667. The topological polar surface area (TPSA) is 38.3 Å². The molecule has 0 atom stereocenters. The van der Waals surface area contributed by atoms with Gasteiger partial charge in [0.15, 0.2) is 0 Å². The van der Waals surface area contributed by atoms with Crippen molar-refractivity contribution in [1.29, 1.82) is 0 Å². The van der Waals surface area contributed by atoms with Crippen molar-refractivity contribution in [2.45, 2.75) is 18.4 Å². The average molecular weight is 301 g/mol. The predicted molar refractivity (Wildman–Crippen MR) is 87.6 cm³/mol. The van der Waals surface area contributed by atoms with E-state index in [1.165, 1.54) is 11.8 Å². The summed E-state index contributed by atoms with van der Waals surface area (Å²) in [6.07, 6.45) is 0. The second kappa shape index (κ2) is 8.49. The molecule has 21 heavy (non-hydrogen) atoms. The molecule has 0 aromatic heterocycles. The molecule has 2 aromatic rings. The lowest BCUT2D eigenvalue weighted by Gasteiger charge is -2.11. The molecule has 0 heterocycles. The van der Waals surface area contributed by atoms with Crippen LogP contribution in [0.3, 0.4) is 0 Å². The summed E-state index contributed by atoms with van der Waals surface area (Å²) in [7, 11) is 0. The maximum atomic E-state index is 12.0. The molecule has 0 aliphatic heterocycles. The molecule has 0 aliphatic carbocycles. The molecule has 0 unspecified atom stereocenters. The van der Waals surface area contributed by atoms with Gasteiger partial charge in [-0.25, -0.2) is 0 Å². The smallest absolute Gasteiger partial charge is 0.234 e. The Balaban J connectivity index is 1.90. The molecule has 0 radical (unpaired) electrons. The molecule has 0 spiro atoms. The fraction of sp³-hybridized carbons (Fsp3) is 0.235. The van der Waals surface area contributed by atoms with Crippen molar-refractivity contribution in [3.63, 3.8) is 0 Å². The zero-order valence-electron chi connectivity index (χ0n) is 12.0. The molecule has 0 saturated carbocycles. The van der Waals surface area contributed by atoms with Gasteiger partial charge in [0, 0.05) is 22.8 Å². The normalized spacial score (nSPS) is 10.3. The summed E-state index contributed by atoms with van der Waals surface area (Å²) in [5, 5.41) is 2.95. The summed E-state index contributed by atoms with van der Waals surface area (Å²) in [4.78, 5) is 13.1. The number of carbonyl (C=O) groups excluding carboxylic acids is 1. The number of rotatable bonds is 7. The average Bonchev–Trinajstić information content (AvgIpc) is 2.53. The Morgan fingerprint density at radius 1 is 1.10 bits per heavy atom. The van der Waals surface area contributed by atoms with Crippen LogP contribution in [-0.2, 0) is 16.1 Å². The number of ether oxygens (including phenoxy) is 1. The summed E-state index contributed by atoms with van der Waals surface area (Å²) < 4.78 is 5.41. The second-order valence-electron chi connectivity index (χ2n) is 4.44. The quantitative estimate of drug-likeness (QED) is 0.787. The van der Waals surface area contributed by atoms with Crippen LogP contribution in [0.4, 0.5) is 5.69 Å². The van der Waals surface area contributed by atoms with Crippen LogP contribution in [0.1, 0.15) is 12.5 Å². The van der Waals surface area contributed by atoms with E-state index in [2.05, 4.69) is 5.32 Å². The Morgan fingerprint density at radius 2 is 1.81 bits per heavy atom. The first-order valence-electron chi connectivity index (χ1n) is 6.93. The van der Waals surface area contributed by atoms with Gasteiger partial charge in [0.25, 0.3) is 0 Å². The Morgan fingerprint density at radius 3 is 2.57 bits per heavy atom. The summed E-state index contributed by atoms with van der Waals surface area (Å²) in [6, 6.07) is 17.6. The van der Waals surface area contributed by atoms with E-state index in [1.54, 1.807) is 0 Å². The zero-order valence-corrected chi connectivity index (χ0v) is 12.9. The van der Waals surface area contributed by atoms with Gasteiger partial charge in [0.05, 0.1) is 12.4 Å². The van der Waals surface area contributed by atoms with E-state index in [-0.39, 0.29) is 5.91 Å². The highest BCUT2D eigenvalue weighted by Gasteiger charge is 2.07. The largest absolute Gasteiger partial charge is 0.377 e. The van der Waals surface area contributed by atoms with Crippen LogP contribution in [-0.4, -0.2) is 18.3 Å². The van der Waals surface area contributed by atoms with Gasteiger partial charge < -0.3 is 10.1 Å². The highest BCUT2D eigenvalue weighted by molar-refractivity contribution is 8.00. The van der Waals surface area contributed by atoms with E-state index in [4.69, 9.17) is 4.74 Å². The van der Waals surface area contributed by atoms with Crippen LogP contribution in [0.15, 0.2) is 59.5 Å². The van der Waals surface area contributed by atoms with Crippen LogP contribution >= 0.6 is 11.8 Å². The fourth-order valence-electron chi connectivity index (χ4n) is 1.83. The van der Waals surface area contributed by atoms with E-state index in [9.17, 15) is 4.79 Å². The summed E-state index contributed by atoms with van der Waals surface area (Å²) in [5.41, 5.74) is 1.82. The molecule has 2 rings (SSSR count). The Kier molecular flexibility index (Phi) is 6.31. The van der Waals surface area contributed by atoms with Gasteiger partial charge in [-0.3, -0.25) is 4.79 Å². The van der Waals surface area contributed by atoms with Gasteiger partial charge >= 0.3 is 0 Å². The van der Waals surface area contributed by atoms with E-state index in [1.807, 2.05) is 61.5 Å². The number of benzene rings is 2. The molecule has 0 fully saturated rings. The Bertz CT molecular complexity index is 572. The zero-order chi connectivity index (χ0) is 14.9. The number of amides is 1. The van der Waals surface area contributed by atoms with Gasteiger partial charge in [0.2, 0.25) is 5.91 Å². The SMILES string of the molecule is CCOCc1ccccc1NC(=O)CSc1ccccc1. The third kappa shape index (κ3) is 5.25. The Hall–Kier alpha value is -1.78. The predicted octanol–water partition coefficient (Wildman–Crippen LogP) is 3.95. The van der Waals surface area contributed by atoms with Gasteiger partial charge in [-0.1, -0.05) is 36.4 Å². The summed E-state index contributed by atoms with van der Waals surface area (Å²) >= 11 is 1.53. The first-order chi connectivity index (χ1) is 10.3. The van der Waals surface area contributed by atoms with Gasteiger partial charge in [-0.05, 0) is 25.1 Å². The monoisotopic (exact) mass is 301 g/mol. The van der Waals surface area contributed by atoms with Crippen molar-refractivity contribution in [2.24, 2.45) is 0 Å². The van der Waals surface area contributed by atoms with Crippen LogP contribution in [0.25, 0.3) is 0 Å². The number of hydrogen-bond acceptors (Lipinski definition) is 3. The lowest BCUT2D eigenvalue weighted by Crippen LogP contribution is -2.15. The number of anilines is 1. The molecule has 2 aromatic carbocycles. The maximum Gasteiger partial charge on any atom is 0.234 e. The first kappa shape index (κ1) is 15.6. The van der Waals surface area contributed by atoms with Crippen molar-refractivity contribution in [3.8, 4) is 0 Å². The Labute approximate surface area is 129 Å². The molecular formula is C17H19NO2S. The number of nitrogens with one attached hydrogen (secondary N) is 1. The van der Waals surface area contributed by atoms with E-state index in [0.717, 1.165) is 16.1 Å². The third-order valence-corrected chi connectivity index (χ3v) is 3.88. The van der Waals surface area contributed by atoms with E-state index < -0.39 is 0 Å². The highest BCUT2D eigenvalue weighted by atomic mass is 32.2. The molecule has 0 bridgehead atoms. The van der Waals surface area contributed by atoms with Crippen LogP contribution in [0, 0.1) is 0 Å². The molecule has 0 aliphatic rings. The number of carbonyl (C=O) groups is 1. The molecule has 0 saturated heterocycles. The summed E-state index contributed by atoms with van der Waals surface area (Å²) in [6.45, 7) is 3.13. The van der Waals surface area contributed by atoms with E-state index in [0.29, 0.717) is 19.0 Å². The standard InChI is InChI=1S/C17H19NO2S/c1-2-20-12-14-8-6-7-11-16(14)18-17(19)13-21-15-9-4-3-5-10-15/h3-11H,2,12-13H2,1H3,(H,18,19). The minimum Gasteiger partial charge on any atom is -0.377 e. The molecule has 4 heteroatoms. The second-order valence-corrected chi connectivity index (χ2v) is 5.49. The van der Waals surface area contributed by atoms with Gasteiger partial charge in [0.1, 0.15) is 0 Å². The first-order valence-corrected chi connectivity index (χ1v) is 7.91. The lowest BCUT2D eigenvalue weighted by atomic mass is 10.2. The van der Waals surface area contributed by atoms with Crippen molar-refractivity contribution in [2.75, 3.05) is 17.7 Å². The summed E-state index contributed by atoms with van der Waals surface area (Å²) in [5.74, 6) is 0.389. The molecule has 110 valence electrons. The molecular weight excluding hydrogens is 282 g/mol. The van der Waals surface area contributed by atoms with Crippen LogP contribution in [0.2, 0.25) is 0 Å². The number of para-hydroxylation sites is 1. The van der Waals surface area contributed by atoms with Crippen LogP contribution < -0.4 is 5.32 Å². The third-order valence-electron chi connectivity index (χ3n) is 2.87. The number of thioether (sulfide) groups is 1. The maximum absolute atomic E-state index is 12.0. The van der Waals surface area contributed by atoms with Crippen molar-refractivity contribution >= 4 is 23.4 Å². The van der Waals surface area contributed by atoms with Gasteiger partial charge in [-0.15, -0.1) is 11.8 Å². The highest BCUT2D eigenvalue weighted by Crippen LogP contribution is 2.19. The molecule has 1 N–H and O–H groups in total. The lowest BCUT2D eigenvalue weighted by molar-refractivity contribution is -0.113. The minimum absolute atomic E-state index is 0.00667. The van der Waals surface area contributed by atoms with Crippen molar-refractivity contribution in [3.05, 3.63) is 60.2 Å². The van der Waals surface area contributed by atoms with Crippen molar-refractivity contribution < 1.29 is 9.53 Å². The molecule has 3 nitrogen and oxygen atoms in total. The molecule has 1 amide bonds. The van der Waals surface area contributed by atoms with Crippen molar-refractivity contribution in [1.82, 2.24) is 0 Å². The van der Waals surface area contributed by atoms with Gasteiger partial charge in [-0.2, -0.15) is 0 Å². The van der Waals surface area contributed by atoms with E-state index >= 15 is 0 Å².